The molecule has 188 valence electrons. The first kappa shape index (κ1) is 25.3. The number of hydrogen-bond acceptors (Lipinski definition) is 10. The van der Waals surface area contributed by atoms with Crippen LogP contribution in [0.1, 0.15) is 30.4 Å². The molecule has 1 fully saturated rings. The van der Waals surface area contributed by atoms with Gasteiger partial charge in [-0.15, -0.1) is 0 Å². The van der Waals surface area contributed by atoms with Crippen LogP contribution in [0.5, 0.6) is 5.75 Å². The minimum atomic E-state index is -1.40. The summed E-state index contributed by atoms with van der Waals surface area (Å²) in [6.45, 7) is 1.27. The van der Waals surface area contributed by atoms with Crippen LogP contribution in [-0.4, -0.2) is 70.0 Å². The van der Waals surface area contributed by atoms with Gasteiger partial charge in [-0.25, -0.2) is 9.63 Å². The Labute approximate surface area is 201 Å². The van der Waals surface area contributed by atoms with E-state index >= 15 is 0 Å². The Morgan fingerprint density at radius 3 is 2.40 bits per heavy atom. The van der Waals surface area contributed by atoms with Crippen molar-refractivity contribution in [3.63, 3.8) is 0 Å². The van der Waals surface area contributed by atoms with E-state index in [2.05, 4.69) is 0 Å². The Bertz CT molecular complexity index is 1180. The normalized spacial score (nSPS) is 24.2. The molecule has 4 N–H and O–H groups in total. The Morgan fingerprint density at radius 2 is 1.74 bits per heavy atom. The van der Waals surface area contributed by atoms with E-state index in [1.807, 2.05) is 30.3 Å². The number of aliphatic hydroxyl groups excluding tert-OH is 3. The number of ether oxygens (including phenoxy) is 1. The summed E-state index contributed by atoms with van der Waals surface area (Å²) in [4.78, 5) is 24.0. The molecule has 1 saturated heterocycles. The highest BCUT2D eigenvalue weighted by molar-refractivity contribution is 5.84. The second kappa shape index (κ2) is 10.8. The number of para-hydroxylation sites is 1. The van der Waals surface area contributed by atoms with Gasteiger partial charge in [0.1, 0.15) is 29.6 Å². The summed E-state index contributed by atoms with van der Waals surface area (Å²) in [5.41, 5.74) is 0.493. The molecule has 1 aromatic heterocycles. The number of rotatable bonds is 9. The van der Waals surface area contributed by atoms with Crippen molar-refractivity contribution < 1.29 is 39.3 Å². The number of hydrogen-bond donors (Lipinski definition) is 4. The smallest absolute Gasteiger partial charge is 0.343 e. The van der Waals surface area contributed by atoms with Gasteiger partial charge in [-0.2, -0.15) is 0 Å². The molecule has 3 unspecified atom stereocenters. The minimum absolute atomic E-state index is 0.103. The van der Waals surface area contributed by atoms with E-state index in [0.717, 1.165) is 10.8 Å². The van der Waals surface area contributed by atoms with Crippen molar-refractivity contribution >= 4 is 11.0 Å². The van der Waals surface area contributed by atoms with Crippen molar-refractivity contribution in [2.75, 3.05) is 13.7 Å². The lowest BCUT2D eigenvalue weighted by atomic mass is 9.86. The maximum Gasteiger partial charge on any atom is 0.343 e. The molecular weight excluding hydrogens is 458 g/mol. The maximum atomic E-state index is 13.0. The summed E-state index contributed by atoms with van der Waals surface area (Å²) in [7, 11) is 1.36. The van der Waals surface area contributed by atoms with Gasteiger partial charge < -0.3 is 29.6 Å². The Kier molecular flexibility index (Phi) is 7.82. The van der Waals surface area contributed by atoms with Gasteiger partial charge in [0.15, 0.2) is 0 Å². The molecule has 35 heavy (non-hydrogen) atoms. The second-order valence-corrected chi connectivity index (χ2v) is 8.48. The van der Waals surface area contributed by atoms with Crippen LogP contribution in [0, 0.1) is 0 Å². The zero-order valence-electron chi connectivity index (χ0n) is 19.4. The fraction of sp³-hybridized carbons (Fsp3) is 0.400. The zero-order chi connectivity index (χ0) is 25.1. The number of hydroxylamine groups is 2. The summed E-state index contributed by atoms with van der Waals surface area (Å²) in [6.07, 6.45) is -4.77. The third kappa shape index (κ3) is 5.09. The molecule has 1 aliphatic heterocycles. The van der Waals surface area contributed by atoms with Crippen molar-refractivity contribution in [3.05, 3.63) is 76.1 Å². The summed E-state index contributed by atoms with van der Waals surface area (Å²) >= 11 is 0. The highest BCUT2D eigenvalue weighted by Gasteiger charge is 2.45. The lowest BCUT2D eigenvalue weighted by Crippen LogP contribution is -2.42. The van der Waals surface area contributed by atoms with Crippen molar-refractivity contribution in [2.45, 2.75) is 49.9 Å². The topological polar surface area (TPSA) is 142 Å². The highest BCUT2D eigenvalue weighted by atomic mass is 17.0. The lowest BCUT2D eigenvalue weighted by molar-refractivity contribution is -0.429. The molecule has 2 aromatic carbocycles. The molecule has 0 bridgehead atoms. The first-order chi connectivity index (χ1) is 16.8. The number of fused-ring (bicyclic) bond motifs is 1. The number of benzene rings is 2. The van der Waals surface area contributed by atoms with E-state index in [4.69, 9.17) is 18.8 Å². The molecule has 2 heterocycles. The lowest BCUT2D eigenvalue weighted by Gasteiger charge is -2.31. The molecule has 0 saturated carbocycles. The first-order valence-electron chi connectivity index (χ1n) is 11.3. The summed E-state index contributed by atoms with van der Waals surface area (Å²) in [6, 6.07) is 15.4. The van der Waals surface area contributed by atoms with Crippen LogP contribution in [0.25, 0.3) is 11.0 Å². The molecule has 10 nitrogen and oxygen atoms in total. The Morgan fingerprint density at radius 1 is 1.06 bits per heavy atom. The molecular formula is C25H29NO9. The van der Waals surface area contributed by atoms with E-state index in [-0.39, 0.29) is 23.3 Å². The largest absolute Gasteiger partial charge is 0.507 e. The van der Waals surface area contributed by atoms with Crippen LogP contribution in [0.2, 0.25) is 0 Å². The molecule has 0 aliphatic carbocycles. The van der Waals surface area contributed by atoms with Crippen molar-refractivity contribution in [2.24, 2.45) is 0 Å². The van der Waals surface area contributed by atoms with Gasteiger partial charge in [0, 0.05) is 5.92 Å². The van der Waals surface area contributed by atoms with Gasteiger partial charge in [0.25, 0.3) is 0 Å². The van der Waals surface area contributed by atoms with Crippen molar-refractivity contribution in [1.29, 1.82) is 0 Å². The number of aromatic hydroxyl groups is 1. The predicted molar refractivity (Wildman–Crippen MR) is 124 cm³/mol. The van der Waals surface area contributed by atoms with E-state index in [1.54, 1.807) is 31.2 Å². The quantitative estimate of drug-likeness (QED) is 0.260. The van der Waals surface area contributed by atoms with Gasteiger partial charge >= 0.3 is 5.63 Å². The minimum Gasteiger partial charge on any atom is -0.507 e. The van der Waals surface area contributed by atoms with Gasteiger partial charge in [-0.05, 0) is 31.0 Å². The molecule has 1 aliphatic rings. The molecule has 6 atom stereocenters. The van der Waals surface area contributed by atoms with Gasteiger partial charge in [-0.1, -0.05) is 47.7 Å². The van der Waals surface area contributed by atoms with Crippen LogP contribution >= 0.6 is 0 Å². The summed E-state index contributed by atoms with van der Waals surface area (Å²) in [5, 5.41) is 42.1. The van der Waals surface area contributed by atoms with Crippen LogP contribution in [0.3, 0.4) is 0 Å². The molecule has 0 amide bonds. The monoisotopic (exact) mass is 487 g/mol. The molecule has 3 aromatic rings. The third-order valence-electron chi connectivity index (χ3n) is 6.19. The first-order valence-corrected chi connectivity index (χ1v) is 11.3. The standard InChI is InChI=1S/C25H29NO9/c1-14(26(32-2)35-25-23(30)22(29)19(13-27)34-25)12-17(15-8-4-3-5-9-15)20-21(28)16-10-6-7-11-18(16)33-24(20)31/h3-11,14,17,19,22-23,25,27-30H,12-13H2,1-2H3/t14?,17?,19-,22-,23-,25?/m0/s1. The average molecular weight is 488 g/mol. The SMILES string of the molecule is CON(OC1O[C@@H](CO)[C@H](O)[C@@H]1O)C(C)CC(c1ccccc1)c1c(O)c2ccccc2oc1=O. The Hall–Kier alpha value is -2.83. The maximum absolute atomic E-state index is 13.0. The zero-order valence-corrected chi connectivity index (χ0v) is 19.4. The van der Waals surface area contributed by atoms with Gasteiger partial charge in [0.2, 0.25) is 6.29 Å². The average Bonchev–Trinajstić information content (AvgIpc) is 3.14. The fourth-order valence-corrected chi connectivity index (χ4v) is 4.37. The van der Waals surface area contributed by atoms with Crippen LogP contribution < -0.4 is 5.63 Å². The molecule has 10 heteroatoms. The Balaban J connectivity index is 1.65. The van der Waals surface area contributed by atoms with E-state index in [9.17, 15) is 25.2 Å². The number of nitrogens with zero attached hydrogens (tertiary/aromatic N) is 1. The number of aliphatic hydroxyl groups is 3. The van der Waals surface area contributed by atoms with Crippen LogP contribution in [0.15, 0.2) is 63.8 Å². The fourth-order valence-electron chi connectivity index (χ4n) is 4.37. The van der Waals surface area contributed by atoms with E-state index in [1.165, 1.54) is 7.11 Å². The van der Waals surface area contributed by atoms with E-state index < -0.39 is 48.8 Å². The molecule has 0 spiro atoms. The molecule has 4 rings (SSSR count). The molecule has 0 radical (unpaired) electrons. The summed E-state index contributed by atoms with van der Waals surface area (Å²) < 4.78 is 10.9. The van der Waals surface area contributed by atoms with Crippen LogP contribution in [0.4, 0.5) is 0 Å². The van der Waals surface area contributed by atoms with E-state index in [0.29, 0.717) is 5.39 Å². The third-order valence-corrected chi connectivity index (χ3v) is 6.19. The van der Waals surface area contributed by atoms with Crippen molar-refractivity contribution in [3.8, 4) is 5.75 Å². The predicted octanol–water partition coefficient (Wildman–Crippen LogP) is 1.64. The van der Waals surface area contributed by atoms with Gasteiger partial charge in [0.05, 0.1) is 30.7 Å². The van der Waals surface area contributed by atoms with Crippen molar-refractivity contribution in [1.82, 2.24) is 5.23 Å². The highest BCUT2D eigenvalue weighted by Crippen LogP contribution is 2.37. The van der Waals surface area contributed by atoms with Gasteiger partial charge in [-0.3, -0.25) is 4.84 Å². The van der Waals surface area contributed by atoms with Crippen LogP contribution in [-0.2, 0) is 14.4 Å². The summed E-state index contributed by atoms with van der Waals surface area (Å²) in [5.74, 6) is -0.759. The second-order valence-electron chi connectivity index (χ2n) is 8.48.